The summed E-state index contributed by atoms with van der Waals surface area (Å²) < 4.78 is 0. The molecule has 86 valence electrons. The molecule has 0 spiro atoms. The Kier molecular flexibility index (Phi) is 4.96. The van der Waals surface area contributed by atoms with E-state index in [4.69, 9.17) is 27.9 Å². The average molecular weight is 319 g/mol. The second-order valence-electron chi connectivity index (χ2n) is 3.53. The third-order valence-electron chi connectivity index (χ3n) is 2.54. The van der Waals surface area contributed by atoms with Crippen LogP contribution in [0.1, 0.15) is 11.1 Å². The maximum absolute atomic E-state index is 4.97. The number of halogens is 3. The zero-order chi connectivity index (χ0) is 12.3. The van der Waals surface area contributed by atoms with E-state index >= 15 is 0 Å². The number of allylic oxidation sites excluding steroid dienone is 5. The molecule has 0 unspecified atom stereocenters. The normalized spacial score (nSPS) is 15.6. The van der Waals surface area contributed by atoms with Crippen molar-refractivity contribution in [2.24, 2.45) is 0 Å². The van der Waals surface area contributed by atoms with Gasteiger partial charge in [-0.25, -0.2) is 0 Å². The fourth-order valence-electron chi connectivity index (χ4n) is 1.89. The van der Waals surface area contributed by atoms with Gasteiger partial charge in [0.2, 0.25) is 0 Å². The summed E-state index contributed by atoms with van der Waals surface area (Å²) in [6.45, 7) is 0. The first-order valence-corrected chi connectivity index (χ1v) is 11.5. The van der Waals surface area contributed by atoms with Gasteiger partial charge in [-0.3, -0.25) is 0 Å². The summed E-state index contributed by atoms with van der Waals surface area (Å²) in [7, 11) is 14.9. The molecular formula is C13H9Cl3Ti. The zero-order valence-corrected chi connectivity index (χ0v) is 12.7. The summed E-state index contributed by atoms with van der Waals surface area (Å²) in [5, 5.41) is 0. The second kappa shape index (κ2) is 6.27. The van der Waals surface area contributed by atoms with Gasteiger partial charge in [-0.15, -0.1) is 0 Å². The monoisotopic (exact) mass is 318 g/mol. The number of fused-ring (bicyclic) bond motifs is 3. The van der Waals surface area contributed by atoms with E-state index in [0.29, 0.717) is 0 Å². The molecule has 0 aliphatic heterocycles. The molecule has 1 aromatic rings. The van der Waals surface area contributed by atoms with Crippen LogP contribution in [0.25, 0.3) is 6.08 Å². The van der Waals surface area contributed by atoms with Crippen molar-refractivity contribution in [3.63, 3.8) is 0 Å². The van der Waals surface area contributed by atoms with Gasteiger partial charge in [0.05, 0.1) is 5.92 Å². The van der Waals surface area contributed by atoms with Gasteiger partial charge >= 0.3 is 42.6 Å². The molecule has 0 bridgehead atoms. The van der Waals surface area contributed by atoms with Crippen molar-refractivity contribution in [3.05, 3.63) is 71.2 Å². The van der Waals surface area contributed by atoms with Gasteiger partial charge in [-0.05, 0) is 16.7 Å². The van der Waals surface area contributed by atoms with E-state index in [1.54, 1.807) is 0 Å². The molecule has 0 amide bonds. The Hall–Kier alpha value is 0.0243. The molecule has 2 aliphatic carbocycles. The van der Waals surface area contributed by atoms with Gasteiger partial charge in [-0.2, -0.15) is 0 Å². The SMILES string of the molecule is C1=C[C]2C(=C1)C=Cc1ccccc12.[Cl][Ti]([Cl])[Cl]. The van der Waals surface area contributed by atoms with E-state index < -0.39 is 14.7 Å². The van der Waals surface area contributed by atoms with Crippen molar-refractivity contribution in [2.45, 2.75) is 0 Å². The second-order valence-corrected chi connectivity index (χ2v) is 11.3. The summed E-state index contributed by atoms with van der Waals surface area (Å²) >= 11 is -1.92. The third kappa shape index (κ3) is 3.50. The van der Waals surface area contributed by atoms with Crippen molar-refractivity contribution in [3.8, 4) is 0 Å². The van der Waals surface area contributed by atoms with Crippen LogP contribution in [-0.4, -0.2) is 0 Å². The van der Waals surface area contributed by atoms with Crippen molar-refractivity contribution in [2.75, 3.05) is 0 Å². The topological polar surface area (TPSA) is 0 Å². The van der Waals surface area contributed by atoms with Crippen LogP contribution in [-0.2, 0) is 14.7 Å². The Morgan fingerprint density at radius 1 is 0.882 bits per heavy atom. The van der Waals surface area contributed by atoms with Gasteiger partial charge in [0.25, 0.3) is 0 Å². The van der Waals surface area contributed by atoms with Crippen LogP contribution in [0, 0.1) is 5.92 Å². The zero-order valence-electron chi connectivity index (χ0n) is 8.83. The van der Waals surface area contributed by atoms with Crippen LogP contribution in [0.3, 0.4) is 0 Å². The molecule has 4 heteroatoms. The first kappa shape index (κ1) is 13.5. The number of rotatable bonds is 0. The van der Waals surface area contributed by atoms with Crippen LogP contribution in [0.5, 0.6) is 0 Å². The van der Waals surface area contributed by atoms with E-state index in [0.717, 1.165) is 0 Å². The predicted molar refractivity (Wildman–Crippen MR) is 72.6 cm³/mol. The van der Waals surface area contributed by atoms with Gasteiger partial charge in [0.15, 0.2) is 0 Å². The fraction of sp³-hybridized carbons (Fsp3) is 0. The van der Waals surface area contributed by atoms with Crippen molar-refractivity contribution in [1.82, 2.24) is 0 Å². The van der Waals surface area contributed by atoms with E-state index in [2.05, 4.69) is 54.6 Å². The summed E-state index contributed by atoms with van der Waals surface area (Å²) in [6.07, 6.45) is 10.8. The quantitative estimate of drug-likeness (QED) is 0.577. The van der Waals surface area contributed by atoms with Gasteiger partial charge in [0.1, 0.15) is 0 Å². The van der Waals surface area contributed by atoms with E-state index in [9.17, 15) is 0 Å². The molecule has 2 aliphatic rings. The molecule has 0 nitrogen and oxygen atoms in total. The summed E-state index contributed by atoms with van der Waals surface area (Å²) in [5.41, 5.74) is 4.00. The molecule has 0 fully saturated rings. The molecule has 0 saturated carbocycles. The van der Waals surface area contributed by atoms with Gasteiger partial charge in [0, 0.05) is 0 Å². The van der Waals surface area contributed by atoms with E-state index in [-0.39, 0.29) is 0 Å². The third-order valence-corrected chi connectivity index (χ3v) is 2.54. The molecular weight excluding hydrogens is 310 g/mol. The molecule has 1 aromatic carbocycles. The molecule has 3 rings (SSSR count). The molecule has 1 radical (unpaired) electrons. The summed E-state index contributed by atoms with van der Waals surface area (Å²) in [6, 6.07) is 8.51. The van der Waals surface area contributed by atoms with Crippen LogP contribution in [0.4, 0.5) is 0 Å². The first-order chi connectivity index (χ1) is 8.18. The van der Waals surface area contributed by atoms with Crippen LogP contribution < -0.4 is 0 Å². The van der Waals surface area contributed by atoms with Crippen molar-refractivity contribution in [1.29, 1.82) is 0 Å². The van der Waals surface area contributed by atoms with E-state index in [1.807, 2.05) is 0 Å². The predicted octanol–water partition coefficient (Wildman–Crippen LogP) is 5.20. The first-order valence-electron chi connectivity index (χ1n) is 5.05. The Morgan fingerprint density at radius 3 is 2.35 bits per heavy atom. The number of benzene rings is 1. The number of hydrogen-bond donors (Lipinski definition) is 0. The Labute approximate surface area is 119 Å². The molecule has 0 heterocycles. The van der Waals surface area contributed by atoms with Gasteiger partial charge < -0.3 is 0 Å². The standard InChI is InChI=1S/C13H9.3ClH.Ti/c1-2-6-12-10(4-1)8-9-11-5-3-7-13(11)12;;;;/h1-9H;3*1H;/q;;;;+3/p-3. The molecule has 0 saturated heterocycles. The summed E-state index contributed by atoms with van der Waals surface area (Å²) in [5.74, 6) is 1.36. The summed E-state index contributed by atoms with van der Waals surface area (Å²) in [4.78, 5) is 0. The number of hydrogen-bond acceptors (Lipinski definition) is 0. The Morgan fingerprint density at radius 2 is 1.59 bits per heavy atom. The van der Waals surface area contributed by atoms with E-state index in [1.165, 1.54) is 22.6 Å². The van der Waals surface area contributed by atoms with Crippen molar-refractivity contribution < 1.29 is 14.7 Å². The average Bonchev–Trinajstić information content (AvgIpc) is 2.76. The molecule has 0 aromatic heterocycles. The Bertz CT molecular complexity index is 486. The minimum atomic E-state index is -1.92. The van der Waals surface area contributed by atoms with Crippen LogP contribution in [0.15, 0.2) is 54.1 Å². The maximum atomic E-state index is 4.97. The molecule has 17 heavy (non-hydrogen) atoms. The molecule has 0 atom stereocenters. The molecule has 0 N–H and O–H groups in total. The van der Waals surface area contributed by atoms with Crippen LogP contribution in [0.2, 0.25) is 0 Å². The van der Waals surface area contributed by atoms with Crippen molar-refractivity contribution >= 4 is 34.0 Å². The Balaban J connectivity index is 0.000000239. The minimum absolute atomic E-state index is 1.32. The van der Waals surface area contributed by atoms with Gasteiger partial charge in [-0.1, -0.05) is 54.6 Å². The fourth-order valence-corrected chi connectivity index (χ4v) is 1.89. The van der Waals surface area contributed by atoms with Crippen LogP contribution >= 0.6 is 27.9 Å².